The molecule has 0 aliphatic carbocycles. The van der Waals surface area contributed by atoms with Gasteiger partial charge in [-0.15, -0.1) is 0 Å². The zero-order valence-corrected chi connectivity index (χ0v) is 9.29. The fourth-order valence-electron chi connectivity index (χ4n) is 1.52. The van der Waals surface area contributed by atoms with Crippen LogP contribution in [0.25, 0.3) is 11.1 Å². The molecule has 82 valence electrons. The number of hydrogen-bond donors (Lipinski definition) is 0. The van der Waals surface area contributed by atoms with Gasteiger partial charge in [0.25, 0.3) is 0 Å². The third kappa shape index (κ3) is 2.11. The molecule has 4 heteroatoms. The fourth-order valence-corrected chi connectivity index (χ4v) is 1.52. The van der Waals surface area contributed by atoms with Crippen LogP contribution in [0.2, 0.25) is 0 Å². The molecule has 0 aliphatic rings. The Morgan fingerprint density at radius 1 is 1.31 bits per heavy atom. The van der Waals surface area contributed by atoms with E-state index in [1.807, 2.05) is 29.9 Å². The average Bonchev–Trinajstić information content (AvgIpc) is 2.69. The molecule has 4 nitrogen and oxygen atoms in total. The summed E-state index contributed by atoms with van der Waals surface area (Å²) in [6.07, 6.45) is 7.30. The maximum atomic E-state index is 4.66. The minimum Gasteiger partial charge on any atom is -0.399 e. The Hall–Kier alpha value is -2.10. The summed E-state index contributed by atoms with van der Waals surface area (Å²) in [7, 11) is 3.50. The largest absolute Gasteiger partial charge is 0.399 e. The van der Waals surface area contributed by atoms with Gasteiger partial charge in [-0.1, -0.05) is 5.16 Å². The Morgan fingerprint density at radius 2 is 2.06 bits per heavy atom. The van der Waals surface area contributed by atoms with Gasteiger partial charge < -0.3 is 9.40 Å². The molecule has 2 aromatic rings. The highest BCUT2D eigenvalue weighted by molar-refractivity contribution is 5.80. The molecule has 2 heterocycles. The Balaban J connectivity index is 2.35. The molecule has 0 aromatic carbocycles. The number of nitrogens with zero attached hydrogens (tertiary/aromatic N) is 3. The molecule has 0 fully saturated rings. The van der Waals surface area contributed by atoms with Crippen LogP contribution in [0.1, 0.15) is 5.69 Å². The quantitative estimate of drug-likeness (QED) is 0.580. The molecule has 0 aliphatic heterocycles. The van der Waals surface area contributed by atoms with Crippen molar-refractivity contribution in [2.45, 2.75) is 0 Å². The normalized spacial score (nSPS) is 10.9. The maximum absolute atomic E-state index is 4.66. The number of aromatic nitrogens is 2. The predicted octanol–water partition coefficient (Wildman–Crippen LogP) is 2.07. The number of oxime groups is 1. The van der Waals surface area contributed by atoms with Crippen LogP contribution >= 0.6 is 0 Å². The van der Waals surface area contributed by atoms with Gasteiger partial charge in [0.15, 0.2) is 0 Å². The molecule has 0 bridgehead atoms. The fraction of sp³-hybridized carbons (Fsp3) is 0.167. The minimum absolute atomic E-state index is 0.994. The Bertz CT molecular complexity index is 488. The predicted molar refractivity (Wildman–Crippen MR) is 63.2 cm³/mol. The first-order chi connectivity index (χ1) is 7.81. The zero-order chi connectivity index (χ0) is 11.4. The molecule has 0 unspecified atom stereocenters. The van der Waals surface area contributed by atoms with Crippen molar-refractivity contribution in [2.24, 2.45) is 12.2 Å². The van der Waals surface area contributed by atoms with E-state index in [9.17, 15) is 0 Å². The Kier molecular flexibility index (Phi) is 3.00. The first-order valence-electron chi connectivity index (χ1n) is 4.94. The van der Waals surface area contributed by atoms with Gasteiger partial charge in [0.1, 0.15) is 7.11 Å². The van der Waals surface area contributed by atoms with E-state index in [1.165, 1.54) is 7.11 Å². The molecule has 0 spiro atoms. The lowest BCUT2D eigenvalue weighted by Gasteiger charge is -1.94. The minimum atomic E-state index is 0.994. The van der Waals surface area contributed by atoms with Crippen molar-refractivity contribution < 1.29 is 4.84 Å². The van der Waals surface area contributed by atoms with E-state index in [0.29, 0.717) is 0 Å². The zero-order valence-electron chi connectivity index (χ0n) is 9.29. The van der Waals surface area contributed by atoms with E-state index in [1.54, 1.807) is 18.6 Å². The van der Waals surface area contributed by atoms with E-state index >= 15 is 0 Å². The van der Waals surface area contributed by atoms with Crippen LogP contribution in [0, 0.1) is 0 Å². The van der Waals surface area contributed by atoms with Crippen molar-refractivity contribution in [3.63, 3.8) is 0 Å². The number of aryl methyl sites for hydroxylation is 1. The first kappa shape index (κ1) is 10.4. The van der Waals surface area contributed by atoms with Gasteiger partial charge >= 0.3 is 0 Å². The summed E-state index contributed by atoms with van der Waals surface area (Å²) in [5.41, 5.74) is 3.28. The molecule has 0 saturated carbocycles. The average molecular weight is 215 g/mol. The summed E-state index contributed by atoms with van der Waals surface area (Å²) in [5.74, 6) is 0. The maximum Gasteiger partial charge on any atom is 0.106 e. The number of rotatable bonds is 3. The molecule has 0 atom stereocenters. The molecular weight excluding hydrogens is 202 g/mol. The summed E-state index contributed by atoms with van der Waals surface area (Å²) < 4.78 is 2.00. The number of hydrogen-bond acceptors (Lipinski definition) is 3. The lowest BCUT2D eigenvalue weighted by atomic mass is 10.1. The summed E-state index contributed by atoms with van der Waals surface area (Å²) in [6.45, 7) is 0. The molecule has 0 N–H and O–H groups in total. The van der Waals surface area contributed by atoms with Crippen LogP contribution in [0.5, 0.6) is 0 Å². The van der Waals surface area contributed by atoms with Crippen molar-refractivity contribution in [2.75, 3.05) is 7.11 Å². The van der Waals surface area contributed by atoms with E-state index in [0.717, 1.165) is 16.8 Å². The molecule has 16 heavy (non-hydrogen) atoms. The summed E-state index contributed by atoms with van der Waals surface area (Å²) in [4.78, 5) is 8.66. The summed E-state index contributed by atoms with van der Waals surface area (Å²) in [6, 6.07) is 6.01. The third-order valence-electron chi connectivity index (χ3n) is 2.35. The van der Waals surface area contributed by atoms with Crippen molar-refractivity contribution in [1.82, 2.24) is 9.55 Å². The van der Waals surface area contributed by atoms with E-state index in [-0.39, 0.29) is 0 Å². The van der Waals surface area contributed by atoms with Gasteiger partial charge in [-0.3, -0.25) is 4.98 Å². The monoisotopic (exact) mass is 215 g/mol. The van der Waals surface area contributed by atoms with Gasteiger partial charge in [-0.05, 0) is 23.8 Å². The Morgan fingerprint density at radius 3 is 2.75 bits per heavy atom. The second kappa shape index (κ2) is 4.61. The molecule has 2 rings (SSSR count). The van der Waals surface area contributed by atoms with Crippen molar-refractivity contribution in [3.05, 3.63) is 42.5 Å². The van der Waals surface area contributed by atoms with Crippen LogP contribution in [0.3, 0.4) is 0 Å². The smallest absolute Gasteiger partial charge is 0.106 e. The molecule has 0 saturated heterocycles. The van der Waals surface area contributed by atoms with Gasteiger partial charge in [0, 0.05) is 31.2 Å². The van der Waals surface area contributed by atoms with E-state index in [2.05, 4.69) is 21.0 Å². The second-order valence-electron chi connectivity index (χ2n) is 3.42. The van der Waals surface area contributed by atoms with Crippen molar-refractivity contribution in [3.8, 4) is 11.1 Å². The Labute approximate surface area is 94.2 Å². The van der Waals surface area contributed by atoms with Gasteiger partial charge in [-0.2, -0.15) is 0 Å². The lowest BCUT2D eigenvalue weighted by Crippen LogP contribution is -1.92. The van der Waals surface area contributed by atoms with E-state index < -0.39 is 0 Å². The molecular formula is C12H13N3O. The third-order valence-corrected chi connectivity index (χ3v) is 2.35. The van der Waals surface area contributed by atoms with Crippen molar-refractivity contribution in [1.29, 1.82) is 0 Å². The van der Waals surface area contributed by atoms with Crippen LogP contribution < -0.4 is 0 Å². The van der Waals surface area contributed by atoms with E-state index in [4.69, 9.17) is 0 Å². The molecule has 2 aromatic heterocycles. The standard InChI is InChI=1S/C12H13N3O/c1-15-9-11(7-12(15)8-14-16-2)10-3-5-13-6-4-10/h3-9H,1-2H3/b14-8-. The second-order valence-corrected chi connectivity index (χ2v) is 3.42. The van der Waals surface area contributed by atoms with Crippen LogP contribution in [-0.4, -0.2) is 22.9 Å². The van der Waals surface area contributed by atoms with Crippen LogP contribution in [-0.2, 0) is 11.9 Å². The molecule has 0 amide bonds. The van der Waals surface area contributed by atoms with Crippen LogP contribution in [0.15, 0.2) is 41.9 Å². The highest BCUT2D eigenvalue weighted by Gasteiger charge is 2.03. The lowest BCUT2D eigenvalue weighted by molar-refractivity contribution is 0.215. The summed E-state index contributed by atoms with van der Waals surface area (Å²) >= 11 is 0. The van der Waals surface area contributed by atoms with Gasteiger partial charge in [0.2, 0.25) is 0 Å². The summed E-state index contributed by atoms with van der Waals surface area (Å²) in [5, 5.41) is 3.75. The first-order valence-corrected chi connectivity index (χ1v) is 4.94. The SMILES string of the molecule is CO/N=C\c1cc(-c2ccncc2)cn1C. The molecule has 0 radical (unpaired) electrons. The van der Waals surface area contributed by atoms with Gasteiger partial charge in [-0.25, -0.2) is 0 Å². The number of pyridine rings is 1. The highest BCUT2D eigenvalue weighted by atomic mass is 16.6. The van der Waals surface area contributed by atoms with Crippen LogP contribution in [0.4, 0.5) is 0 Å². The topological polar surface area (TPSA) is 39.4 Å². The van der Waals surface area contributed by atoms with Gasteiger partial charge in [0.05, 0.1) is 11.9 Å². The highest BCUT2D eigenvalue weighted by Crippen LogP contribution is 2.19. The van der Waals surface area contributed by atoms with Crippen molar-refractivity contribution >= 4 is 6.21 Å².